The van der Waals surface area contributed by atoms with Gasteiger partial charge in [-0.2, -0.15) is 0 Å². The molecule has 0 radical (unpaired) electrons. The van der Waals surface area contributed by atoms with Crippen LogP contribution in [-0.4, -0.2) is 37.2 Å². The van der Waals surface area contributed by atoms with Crippen LogP contribution in [0.2, 0.25) is 0 Å². The molecule has 7 nitrogen and oxygen atoms in total. The fraction of sp³-hybridized carbons (Fsp3) is 0.400. The maximum Gasteiger partial charge on any atom is 0.338 e. The molecule has 7 heteroatoms. The molecule has 0 unspecified atom stereocenters. The van der Waals surface area contributed by atoms with Crippen LogP contribution in [0, 0.1) is 0 Å². The third-order valence-electron chi connectivity index (χ3n) is 2.76. The molecule has 22 heavy (non-hydrogen) atoms. The maximum absolute atomic E-state index is 11.9. The number of esters is 2. The van der Waals surface area contributed by atoms with Crippen molar-refractivity contribution in [2.45, 2.75) is 26.8 Å². The number of rotatable bonds is 6. The second kappa shape index (κ2) is 8.66. The van der Waals surface area contributed by atoms with E-state index in [2.05, 4.69) is 10.6 Å². The van der Waals surface area contributed by atoms with E-state index in [0.29, 0.717) is 0 Å². The lowest BCUT2D eigenvalue weighted by Gasteiger charge is -2.26. The molecule has 0 fully saturated rings. The number of amides is 2. The van der Waals surface area contributed by atoms with E-state index in [0.717, 1.165) is 0 Å². The molecular weight excluding hydrogens is 288 g/mol. The van der Waals surface area contributed by atoms with Crippen LogP contribution in [0.3, 0.4) is 0 Å². The van der Waals surface area contributed by atoms with Gasteiger partial charge in [0.05, 0.1) is 23.9 Å². The minimum atomic E-state index is -0.575. The number of urea groups is 1. The van der Waals surface area contributed by atoms with Crippen molar-refractivity contribution >= 4 is 18.0 Å². The molecule has 1 heterocycles. The minimum absolute atomic E-state index is 0.210. The Labute approximate surface area is 129 Å². The van der Waals surface area contributed by atoms with Crippen molar-refractivity contribution in [3.63, 3.8) is 0 Å². The smallest absolute Gasteiger partial charge is 0.338 e. The van der Waals surface area contributed by atoms with Gasteiger partial charge in [0.15, 0.2) is 0 Å². The van der Waals surface area contributed by atoms with E-state index < -0.39 is 24.0 Å². The fourth-order valence-corrected chi connectivity index (χ4v) is 1.83. The monoisotopic (exact) mass is 308 g/mol. The molecule has 0 spiro atoms. The Kier molecular flexibility index (Phi) is 6.88. The summed E-state index contributed by atoms with van der Waals surface area (Å²) in [6.45, 7) is 5.15. The number of hydrogen-bond acceptors (Lipinski definition) is 5. The van der Waals surface area contributed by atoms with Gasteiger partial charge in [-0.15, -0.1) is 0 Å². The molecular formula is C15H20N2O5. The quantitative estimate of drug-likeness (QED) is 0.436. The molecule has 0 bridgehead atoms. The predicted molar refractivity (Wildman–Crippen MR) is 79.7 cm³/mol. The first-order valence-electron chi connectivity index (χ1n) is 6.93. The Morgan fingerprint density at radius 3 is 2.64 bits per heavy atom. The van der Waals surface area contributed by atoms with Crippen molar-refractivity contribution in [1.29, 1.82) is 0 Å². The van der Waals surface area contributed by atoms with Crippen LogP contribution in [0.25, 0.3) is 0 Å². The fourth-order valence-electron chi connectivity index (χ4n) is 1.83. The Morgan fingerprint density at radius 1 is 1.27 bits per heavy atom. The zero-order chi connectivity index (χ0) is 16.5. The molecule has 120 valence electrons. The molecule has 1 aliphatic heterocycles. The van der Waals surface area contributed by atoms with Crippen LogP contribution in [-0.2, 0) is 19.1 Å². The van der Waals surface area contributed by atoms with E-state index in [9.17, 15) is 14.4 Å². The van der Waals surface area contributed by atoms with E-state index in [4.69, 9.17) is 9.47 Å². The van der Waals surface area contributed by atoms with Gasteiger partial charge < -0.3 is 20.1 Å². The number of carbonyl (C=O) groups excluding carboxylic acids is 3. The van der Waals surface area contributed by atoms with Gasteiger partial charge in [-0.25, -0.2) is 14.4 Å². The molecule has 1 aliphatic rings. The van der Waals surface area contributed by atoms with E-state index in [-0.39, 0.29) is 24.5 Å². The molecule has 1 atom stereocenters. The molecule has 0 saturated heterocycles. The van der Waals surface area contributed by atoms with E-state index in [1.54, 1.807) is 26.0 Å². The Bertz CT molecular complexity index is 534. The summed E-state index contributed by atoms with van der Waals surface area (Å²) in [5.74, 6) is -1.13. The number of hydrogen-bond donors (Lipinski definition) is 2. The Morgan fingerprint density at radius 2 is 2.00 bits per heavy atom. The van der Waals surface area contributed by atoms with Gasteiger partial charge in [0.1, 0.15) is 6.61 Å². The van der Waals surface area contributed by atoms with Crippen molar-refractivity contribution in [2.24, 2.45) is 0 Å². The third kappa shape index (κ3) is 5.08. The Hall–Kier alpha value is -2.57. The third-order valence-corrected chi connectivity index (χ3v) is 2.76. The van der Waals surface area contributed by atoms with Gasteiger partial charge in [0.25, 0.3) is 0 Å². The number of allylic oxidation sites excluding steroid dienone is 3. The summed E-state index contributed by atoms with van der Waals surface area (Å²) in [6.07, 6.45) is 6.22. The topological polar surface area (TPSA) is 93.7 Å². The lowest BCUT2D eigenvalue weighted by Crippen LogP contribution is -2.50. The maximum atomic E-state index is 11.9. The molecule has 0 aromatic carbocycles. The highest BCUT2D eigenvalue weighted by Crippen LogP contribution is 2.14. The van der Waals surface area contributed by atoms with Gasteiger partial charge in [-0.3, -0.25) is 0 Å². The van der Waals surface area contributed by atoms with Crippen LogP contribution in [0.1, 0.15) is 20.8 Å². The summed E-state index contributed by atoms with van der Waals surface area (Å²) in [7, 11) is 0. The summed E-state index contributed by atoms with van der Waals surface area (Å²) >= 11 is 0. The van der Waals surface area contributed by atoms with Crippen molar-refractivity contribution in [3.05, 3.63) is 35.6 Å². The zero-order valence-corrected chi connectivity index (χ0v) is 12.8. The normalized spacial score (nSPS) is 18.3. The SMILES string of the molecule is C/C=C/C=C/C(=O)OCC1=C(C(=O)OCC)[C@H](C)NC(=O)N1. The molecule has 1 rings (SSSR count). The van der Waals surface area contributed by atoms with Crippen molar-refractivity contribution in [2.75, 3.05) is 13.2 Å². The van der Waals surface area contributed by atoms with Crippen LogP contribution in [0.5, 0.6) is 0 Å². The highest BCUT2D eigenvalue weighted by Gasteiger charge is 2.30. The van der Waals surface area contributed by atoms with E-state index in [1.807, 2.05) is 6.92 Å². The van der Waals surface area contributed by atoms with Gasteiger partial charge in [0, 0.05) is 6.08 Å². The first-order valence-corrected chi connectivity index (χ1v) is 6.93. The summed E-state index contributed by atoms with van der Waals surface area (Å²) < 4.78 is 9.97. The summed E-state index contributed by atoms with van der Waals surface area (Å²) in [5, 5.41) is 5.03. The highest BCUT2D eigenvalue weighted by molar-refractivity contribution is 5.94. The van der Waals surface area contributed by atoms with Crippen LogP contribution >= 0.6 is 0 Å². The Balaban J connectivity index is 2.84. The molecule has 0 aromatic heterocycles. The lowest BCUT2D eigenvalue weighted by atomic mass is 10.0. The summed E-state index contributed by atoms with van der Waals surface area (Å²) in [5.41, 5.74) is 0.467. The first-order chi connectivity index (χ1) is 10.5. The number of ether oxygens (including phenoxy) is 2. The first kappa shape index (κ1) is 17.5. The lowest BCUT2D eigenvalue weighted by molar-refractivity contribution is -0.140. The van der Waals surface area contributed by atoms with Gasteiger partial charge in [0.2, 0.25) is 0 Å². The largest absolute Gasteiger partial charge is 0.463 e. The number of carbonyl (C=O) groups is 3. The predicted octanol–water partition coefficient (Wildman–Crippen LogP) is 1.18. The summed E-state index contributed by atoms with van der Waals surface area (Å²) in [4.78, 5) is 35.0. The molecule has 0 saturated carbocycles. The minimum Gasteiger partial charge on any atom is -0.463 e. The van der Waals surface area contributed by atoms with Crippen LogP contribution in [0.15, 0.2) is 35.6 Å². The van der Waals surface area contributed by atoms with Crippen molar-refractivity contribution < 1.29 is 23.9 Å². The summed E-state index contributed by atoms with van der Waals surface area (Å²) in [6, 6.07) is -0.990. The second-order valence-corrected chi connectivity index (χ2v) is 4.43. The van der Waals surface area contributed by atoms with Crippen molar-refractivity contribution in [1.82, 2.24) is 10.6 Å². The van der Waals surface area contributed by atoms with Gasteiger partial charge >= 0.3 is 18.0 Å². The van der Waals surface area contributed by atoms with Gasteiger partial charge in [-0.1, -0.05) is 18.2 Å². The van der Waals surface area contributed by atoms with Gasteiger partial charge in [-0.05, 0) is 20.8 Å². The molecule has 0 aliphatic carbocycles. The average Bonchev–Trinajstić information content (AvgIpc) is 2.45. The molecule has 2 N–H and O–H groups in total. The van der Waals surface area contributed by atoms with Crippen LogP contribution < -0.4 is 10.6 Å². The van der Waals surface area contributed by atoms with Crippen LogP contribution in [0.4, 0.5) is 4.79 Å². The average molecular weight is 308 g/mol. The van der Waals surface area contributed by atoms with E-state index in [1.165, 1.54) is 12.2 Å². The van der Waals surface area contributed by atoms with Crippen molar-refractivity contribution in [3.8, 4) is 0 Å². The molecule has 0 aromatic rings. The highest BCUT2D eigenvalue weighted by atomic mass is 16.5. The zero-order valence-electron chi connectivity index (χ0n) is 12.8. The number of nitrogens with one attached hydrogen (secondary N) is 2. The molecule has 2 amide bonds. The standard InChI is InChI=1S/C15H20N2O5/c1-4-6-7-8-12(18)22-9-11-13(14(19)21-5-2)10(3)16-15(20)17-11/h4,6-8,10H,5,9H2,1-3H3,(H2,16,17,20)/b6-4+,8-7+/t10-/m0/s1. The van der Waals surface area contributed by atoms with E-state index >= 15 is 0 Å². The second-order valence-electron chi connectivity index (χ2n) is 4.43.